The Kier molecular flexibility index (Phi) is 5.85. The Bertz CT molecular complexity index is 1030. The minimum atomic E-state index is -0.335. The van der Waals surface area contributed by atoms with Crippen LogP contribution in [0.4, 0.5) is 5.69 Å². The van der Waals surface area contributed by atoms with Crippen molar-refractivity contribution in [2.75, 3.05) is 5.32 Å². The van der Waals surface area contributed by atoms with E-state index in [1.165, 1.54) is 6.42 Å². The second-order valence-electron chi connectivity index (χ2n) is 9.48. The van der Waals surface area contributed by atoms with Crippen LogP contribution in [0.15, 0.2) is 39.7 Å². The number of amides is 1. The number of carbonyl (C=O) groups is 1. The van der Waals surface area contributed by atoms with E-state index in [1.807, 2.05) is 0 Å². The number of carbonyl (C=O) groups excluding carboxylic acids is 1. The van der Waals surface area contributed by atoms with Gasteiger partial charge in [-0.25, -0.2) is 4.68 Å². The number of phenolic OH excluding ortho intramolecular Hbond substituents is 1. The molecule has 0 spiro atoms. The predicted molar refractivity (Wildman–Crippen MR) is 123 cm³/mol. The standard InChI is InChI=1S/C23H29BrN4O3/c1-13-17-8-15(23(17,2)3)9-18(13)27-19-11-26-28(22(31)21(19)24)12-20(30)25-10-14-4-6-16(29)7-5-14/h4-7,11,13,15,17-18,27,29H,8-10,12H2,1-3H3,(H,25,30)/t13-,15-,17+,18-/m1/s1. The molecule has 1 aromatic heterocycles. The molecule has 5 rings (SSSR count). The molecule has 3 fully saturated rings. The number of fused-ring (bicyclic) bond motifs is 2. The number of halogens is 1. The fraction of sp³-hybridized carbons (Fsp3) is 0.522. The lowest BCUT2D eigenvalue weighted by Crippen LogP contribution is -2.58. The van der Waals surface area contributed by atoms with Gasteiger partial charge in [-0.1, -0.05) is 32.9 Å². The van der Waals surface area contributed by atoms with Crippen LogP contribution in [0.5, 0.6) is 5.75 Å². The number of aromatic nitrogens is 2. The number of anilines is 1. The first-order chi connectivity index (χ1) is 14.7. The number of benzene rings is 1. The molecule has 8 heteroatoms. The first-order valence-electron chi connectivity index (χ1n) is 10.7. The Morgan fingerprint density at radius 3 is 2.65 bits per heavy atom. The molecule has 0 aliphatic heterocycles. The van der Waals surface area contributed by atoms with Gasteiger partial charge in [-0.2, -0.15) is 5.10 Å². The summed E-state index contributed by atoms with van der Waals surface area (Å²) in [6, 6.07) is 6.91. The lowest BCUT2D eigenvalue weighted by atomic mass is 9.45. The molecule has 0 radical (unpaired) electrons. The van der Waals surface area contributed by atoms with E-state index >= 15 is 0 Å². The van der Waals surface area contributed by atoms with Crippen molar-refractivity contribution < 1.29 is 9.90 Å². The van der Waals surface area contributed by atoms with Gasteiger partial charge in [-0.05, 0) is 69.6 Å². The topological polar surface area (TPSA) is 96.2 Å². The fourth-order valence-electron chi connectivity index (χ4n) is 5.22. The van der Waals surface area contributed by atoms with Gasteiger partial charge < -0.3 is 15.7 Å². The summed E-state index contributed by atoms with van der Waals surface area (Å²) in [7, 11) is 0. The van der Waals surface area contributed by atoms with E-state index in [0.717, 1.165) is 22.6 Å². The molecule has 166 valence electrons. The van der Waals surface area contributed by atoms with Crippen molar-refractivity contribution in [1.82, 2.24) is 15.1 Å². The number of nitrogens with zero attached hydrogens (tertiary/aromatic N) is 2. The van der Waals surface area contributed by atoms with Crippen molar-refractivity contribution in [2.24, 2.45) is 23.2 Å². The number of nitrogens with one attached hydrogen (secondary N) is 2. The summed E-state index contributed by atoms with van der Waals surface area (Å²) in [4.78, 5) is 25.0. The van der Waals surface area contributed by atoms with E-state index in [-0.39, 0.29) is 23.8 Å². The van der Waals surface area contributed by atoms with Gasteiger partial charge in [0.1, 0.15) is 16.8 Å². The lowest BCUT2D eigenvalue weighted by Gasteiger charge is -2.62. The second-order valence-corrected chi connectivity index (χ2v) is 10.3. The molecule has 2 bridgehead atoms. The molecule has 3 aliphatic rings. The highest BCUT2D eigenvalue weighted by Crippen LogP contribution is 2.61. The van der Waals surface area contributed by atoms with E-state index in [0.29, 0.717) is 40.0 Å². The highest BCUT2D eigenvalue weighted by molar-refractivity contribution is 9.10. The van der Waals surface area contributed by atoms with Crippen LogP contribution >= 0.6 is 15.9 Å². The monoisotopic (exact) mass is 488 g/mol. The summed E-state index contributed by atoms with van der Waals surface area (Å²) in [5.74, 6) is 1.81. The van der Waals surface area contributed by atoms with E-state index in [4.69, 9.17) is 0 Å². The average molecular weight is 489 g/mol. The predicted octanol–water partition coefficient (Wildman–Crippen LogP) is 3.51. The van der Waals surface area contributed by atoms with Gasteiger partial charge in [0.25, 0.3) is 5.56 Å². The maximum atomic E-state index is 12.7. The molecule has 3 aliphatic carbocycles. The largest absolute Gasteiger partial charge is 0.508 e. The Morgan fingerprint density at radius 2 is 2.00 bits per heavy atom. The van der Waals surface area contributed by atoms with Gasteiger partial charge in [-0.3, -0.25) is 9.59 Å². The first kappa shape index (κ1) is 21.9. The smallest absolute Gasteiger partial charge is 0.283 e. The summed E-state index contributed by atoms with van der Waals surface area (Å²) in [5.41, 5.74) is 1.61. The van der Waals surface area contributed by atoms with Crippen LogP contribution in [0.3, 0.4) is 0 Å². The van der Waals surface area contributed by atoms with Crippen molar-refractivity contribution in [2.45, 2.75) is 52.7 Å². The van der Waals surface area contributed by atoms with Crippen LogP contribution in [-0.2, 0) is 17.9 Å². The minimum Gasteiger partial charge on any atom is -0.508 e. The van der Waals surface area contributed by atoms with Gasteiger partial charge in [-0.15, -0.1) is 0 Å². The van der Waals surface area contributed by atoms with Crippen molar-refractivity contribution in [3.05, 3.63) is 50.9 Å². The Labute approximate surface area is 190 Å². The molecule has 31 heavy (non-hydrogen) atoms. The summed E-state index contributed by atoms with van der Waals surface area (Å²) >= 11 is 3.41. The molecule has 2 aromatic rings. The van der Waals surface area contributed by atoms with Crippen LogP contribution in [0.2, 0.25) is 0 Å². The van der Waals surface area contributed by atoms with Crippen LogP contribution in [0.25, 0.3) is 0 Å². The summed E-state index contributed by atoms with van der Waals surface area (Å²) in [5, 5.41) is 19.8. The summed E-state index contributed by atoms with van der Waals surface area (Å²) in [6.45, 7) is 7.18. The molecule has 7 nitrogen and oxygen atoms in total. The lowest BCUT2D eigenvalue weighted by molar-refractivity contribution is -0.122. The number of hydrogen-bond donors (Lipinski definition) is 3. The van der Waals surface area contributed by atoms with E-state index in [1.54, 1.807) is 30.5 Å². The normalized spacial score (nSPS) is 26.1. The van der Waals surface area contributed by atoms with Gasteiger partial charge in [0.2, 0.25) is 5.91 Å². The van der Waals surface area contributed by atoms with Crippen molar-refractivity contribution in [3.8, 4) is 5.75 Å². The highest BCUT2D eigenvalue weighted by Gasteiger charge is 2.56. The van der Waals surface area contributed by atoms with E-state index in [2.05, 4.69) is 52.4 Å². The SMILES string of the molecule is C[C@H]1[C@H](Nc2cnn(CC(=O)NCc3ccc(O)cc3)c(=O)c2Br)C[C@H]2C[C@@H]1C2(C)C. The van der Waals surface area contributed by atoms with Gasteiger partial charge >= 0.3 is 0 Å². The van der Waals surface area contributed by atoms with Crippen LogP contribution in [-0.4, -0.2) is 26.8 Å². The second kappa shape index (κ2) is 8.30. The molecule has 3 saturated carbocycles. The quantitative estimate of drug-likeness (QED) is 0.577. The zero-order valence-corrected chi connectivity index (χ0v) is 19.6. The van der Waals surface area contributed by atoms with Gasteiger partial charge in [0, 0.05) is 12.6 Å². The fourth-order valence-corrected chi connectivity index (χ4v) is 5.65. The number of aromatic hydroxyl groups is 1. The third-order valence-electron chi connectivity index (χ3n) is 7.40. The van der Waals surface area contributed by atoms with Gasteiger partial charge in [0.15, 0.2) is 0 Å². The average Bonchev–Trinajstić information content (AvgIpc) is 2.74. The van der Waals surface area contributed by atoms with E-state index in [9.17, 15) is 14.7 Å². The van der Waals surface area contributed by atoms with Crippen LogP contribution in [0.1, 0.15) is 39.2 Å². The highest BCUT2D eigenvalue weighted by atomic mass is 79.9. The van der Waals surface area contributed by atoms with Crippen molar-refractivity contribution in [3.63, 3.8) is 0 Å². The van der Waals surface area contributed by atoms with Crippen LogP contribution in [0, 0.1) is 23.2 Å². The minimum absolute atomic E-state index is 0.159. The molecule has 1 amide bonds. The molecule has 0 unspecified atom stereocenters. The Hall–Kier alpha value is -2.35. The third kappa shape index (κ3) is 4.22. The summed E-state index contributed by atoms with van der Waals surface area (Å²) < 4.78 is 1.56. The first-order valence-corrected chi connectivity index (χ1v) is 11.5. The zero-order chi connectivity index (χ0) is 22.3. The third-order valence-corrected chi connectivity index (χ3v) is 8.17. The molecule has 4 atom stereocenters. The molecular weight excluding hydrogens is 460 g/mol. The maximum Gasteiger partial charge on any atom is 0.283 e. The van der Waals surface area contributed by atoms with E-state index < -0.39 is 0 Å². The molecule has 1 aromatic carbocycles. The molecule has 0 saturated heterocycles. The molecular formula is C23H29BrN4O3. The van der Waals surface area contributed by atoms with Crippen molar-refractivity contribution in [1.29, 1.82) is 0 Å². The number of hydrogen-bond acceptors (Lipinski definition) is 5. The molecule has 3 N–H and O–H groups in total. The zero-order valence-electron chi connectivity index (χ0n) is 18.1. The number of phenols is 1. The summed E-state index contributed by atoms with van der Waals surface area (Å²) in [6.07, 6.45) is 4.02. The number of rotatable bonds is 6. The Balaban J connectivity index is 1.38. The van der Waals surface area contributed by atoms with Gasteiger partial charge in [0.05, 0.1) is 11.9 Å². The molecule has 1 heterocycles. The maximum absolute atomic E-state index is 12.7. The van der Waals surface area contributed by atoms with Crippen molar-refractivity contribution >= 4 is 27.5 Å². The van der Waals surface area contributed by atoms with Crippen LogP contribution < -0.4 is 16.2 Å². The Morgan fingerprint density at radius 1 is 1.29 bits per heavy atom.